The molecule has 2 amide bonds. The van der Waals surface area contributed by atoms with Gasteiger partial charge in [-0.3, -0.25) is 14.5 Å². The average Bonchev–Trinajstić information content (AvgIpc) is 3.05. The van der Waals surface area contributed by atoms with Crippen LogP contribution in [0.5, 0.6) is 0 Å². The van der Waals surface area contributed by atoms with Gasteiger partial charge < -0.3 is 14.6 Å². The lowest BCUT2D eigenvalue weighted by Crippen LogP contribution is -2.49. The van der Waals surface area contributed by atoms with Gasteiger partial charge in [0.05, 0.1) is 6.26 Å². The number of hydrogen-bond acceptors (Lipinski definition) is 4. The molecule has 116 valence electrons. The van der Waals surface area contributed by atoms with Crippen LogP contribution >= 0.6 is 0 Å². The van der Waals surface area contributed by atoms with Crippen LogP contribution in [0.4, 0.5) is 0 Å². The average molecular weight is 293 g/mol. The maximum Gasteiger partial charge on any atom is 0.289 e. The van der Waals surface area contributed by atoms with E-state index in [9.17, 15) is 9.59 Å². The lowest BCUT2D eigenvalue weighted by atomic mass is 10.2. The van der Waals surface area contributed by atoms with E-state index < -0.39 is 0 Å². The molecule has 1 saturated heterocycles. The van der Waals surface area contributed by atoms with Gasteiger partial charge in [-0.15, -0.1) is 0 Å². The summed E-state index contributed by atoms with van der Waals surface area (Å²) in [6.45, 7) is 6.48. The third kappa shape index (κ3) is 4.60. The highest BCUT2D eigenvalue weighted by atomic mass is 16.3. The molecule has 0 spiro atoms. The Morgan fingerprint density at radius 2 is 2.05 bits per heavy atom. The fraction of sp³-hybridized carbons (Fsp3) is 0.600. The Kier molecular flexibility index (Phi) is 5.80. The summed E-state index contributed by atoms with van der Waals surface area (Å²) in [4.78, 5) is 27.7. The van der Waals surface area contributed by atoms with E-state index in [1.54, 1.807) is 17.0 Å². The SMILES string of the molecule is CCCNC(=O)CCN1CCN(C(=O)c2ccco2)CC1. The molecule has 1 aromatic heterocycles. The van der Waals surface area contributed by atoms with E-state index in [1.807, 2.05) is 6.92 Å². The minimum Gasteiger partial charge on any atom is -0.459 e. The van der Waals surface area contributed by atoms with Crippen LogP contribution in [-0.2, 0) is 4.79 Å². The molecule has 1 aromatic rings. The molecule has 1 fully saturated rings. The van der Waals surface area contributed by atoms with Gasteiger partial charge >= 0.3 is 0 Å². The molecule has 0 radical (unpaired) electrons. The van der Waals surface area contributed by atoms with E-state index in [1.165, 1.54) is 6.26 Å². The van der Waals surface area contributed by atoms with Gasteiger partial charge in [-0.05, 0) is 18.6 Å². The molecular formula is C15H23N3O3. The maximum absolute atomic E-state index is 12.1. The summed E-state index contributed by atoms with van der Waals surface area (Å²) in [6, 6.07) is 3.41. The predicted molar refractivity (Wildman–Crippen MR) is 79.0 cm³/mol. The fourth-order valence-corrected chi connectivity index (χ4v) is 2.34. The van der Waals surface area contributed by atoms with Crippen molar-refractivity contribution in [3.05, 3.63) is 24.2 Å². The van der Waals surface area contributed by atoms with Gasteiger partial charge in [0, 0.05) is 45.7 Å². The molecule has 1 aliphatic rings. The van der Waals surface area contributed by atoms with Crippen molar-refractivity contribution in [2.24, 2.45) is 0 Å². The smallest absolute Gasteiger partial charge is 0.289 e. The van der Waals surface area contributed by atoms with E-state index in [4.69, 9.17) is 4.42 Å². The minimum atomic E-state index is -0.0552. The van der Waals surface area contributed by atoms with Crippen LogP contribution in [-0.4, -0.2) is 60.9 Å². The van der Waals surface area contributed by atoms with Gasteiger partial charge in [-0.2, -0.15) is 0 Å². The normalized spacial score (nSPS) is 16.0. The van der Waals surface area contributed by atoms with Crippen LogP contribution in [0.1, 0.15) is 30.3 Å². The largest absolute Gasteiger partial charge is 0.459 e. The van der Waals surface area contributed by atoms with Crippen molar-refractivity contribution in [3.63, 3.8) is 0 Å². The monoisotopic (exact) mass is 293 g/mol. The number of amides is 2. The summed E-state index contributed by atoms with van der Waals surface area (Å²) in [6.07, 6.45) is 2.99. The standard InChI is InChI=1S/C15H23N3O3/c1-2-6-16-14(19)5-7-17-8-10-18(11-9-17)15(20)13-4-3-12-21-13/h3-4,12H,2,5-11H2,1H3,(H,16,19). The number of carbonyl (C=O) groups excluding carboxylic acids is 2. The highest BCUT2D eigenvalue weighted by molar-refractivity contribution is 5.91. The number of carbonyl (C=O) groups is 2. The van der Waals surface area contributed by atoms with Crippen LogP contribution in [0.3, 0.4) is 0 Å². The van der Waals surface area contributed by atoms with E-state index in [0.29, 0.717) is 25.3 Å². The highest BCUT2D eigenvalue weighted by Crippen LogP contribution is 2.09. The van der Waals surface area contributed by atoms with Crippen molar-refractivity contribution in [1.82, 2.24) is 15.1 Å². The van der Waals surface area contributed by atoms with Gasteiger partial charge in [-0.1, -0.05) is 6.92 Å². The second-order valence-electron chi connectivity index (χ2n) is 5.21. The Morgan fingerprint density at radius 3 is 2.67 bits per heavy atom. The minimum absolute atomic E-state index is 0.0552. The predicted octanol–water partition coefficient (Wildman–Crippen LogP) is 0.954. The summed E-state index contributed by atoms with van der Waals surface area (Å²) in [5.41, 5.74) is 0. The topological polar surface area (TPSA) is 65.8 Å². The summed E-state index contributed by atoms with van der Waals surface area (Å²) in [5.74, 6) is 0.439. The zero-order valence-corrected chi connectivity index (χ0v) is 12.5. The van der Waals surface area contributed by atoms with Crippen molar-refractivity contribution in [3.8, 4) is 0 Å². The molecule has 0 atom stereocenters. The van der Waals surface area contributed by atoms with Gasteiger partial charge in [0.1, 0.15) is 0 Å². The molecular weight excluding hydrogens is 270 g/mol. The quantitative estimate of drug-likeness (QED) is 0.848. The van der Waals surface area contributed by atoms with Gasteiger partial charge in [-0.25, -0.2) is 0 Å². The third-order valence-corrected chi connectivity index (χ3v) is 3.62. The first-order valence-electron chi connectivity index (χ1n) is 7.52. The molecule has 1 N–H and O–H groups in total. The van der Waals surface area contributed by atoms with Crippen molar-refractivity contribution in [1.29, 1.82) is 0 Å². The van der Waals surface area contributed by atoms with Gasteiger partial charge in [0.2, 0.25) is 5.91 Å². The van der Waals surface area contributed by atoms with E-state index in [0.717, 1.165) is 32.6 Å². The van der Waals surface area contributed by atoms with Crippen molar-refractivity contribution >= 4 is 11.8 Å². The van der Waals surface area contributed by atoms with Crippen molar-refractivity contribution in [2.75, 3.05) is 39.3 Å². The summed E-state index contributed by atoms with van der Waals surface area (Å²) >= 11 is 0. The van der Waals surface area contributed by atoms with Gasteiger partial charge in [0.25, 0.3) is 5.91 Å². The number of nitrogens with zero attached hydrogens (tertiary/aromatic N) is 2. The Bertz CT molecular complexity index is 451. The molecule has 0 aromatic carbocycles. The maximum atomic E-state index is 12.1. The van der Waals surface area contributed by atoms with E-state index in [2.05, 4.69) is 10.2 Å². The third-order valence-electron chi connectivity index (χ3n) is 3.62. The second-order valence-corrected chi connectivity index (χ2v) is 5.21. The Hall–Kier alpha value is -1.82. The van der Waals surface area contributed by atoms with Crippen LogP contribution in [0, 0.1) is 0 Å². The number of hydrogen-bond donors (Lipinski definition) is 1. The number of furan rings is 1. The van der Waals surface area contributed by atoms with Crippen LogP contribution in [0.25, 0.3) is 0 Å². The zero-order chi connectivity index (χ0) is 15.1. The molecule has 0 bridgehead atoms. The Balaban J connectivity index is 1.69. The molecule has 1 aliphatic heterocycles. The molecule has 2 heterocycles. The first kappa shape index (κ1) is 15.6. The Labute approximate surface area is 125 Å². The van der Waals surface area contributed by atoms with Crippen LogP contribution in [0.15, 0.2) is 22.8 Å². The van der Waals surface area contributed by atoms with Crippen molar-refractivity contribution in [2.45, 2.75) is 19.8 Å². The summed E-state index contributed by atoms with van der Waals surface area (Å²) in [5, 5.41) is 2.87. The lowest BCUT2D eigenvalue weighted by molar-refractivity contribution is -0.121. The zero-order valence-electron chi connectivity index (χ0n) is 12.5. The molecule has 21 heavy (non-hydrogen) atoms. The fourth-order valence-electron chi connectivity index (χ4n) is 2.34. The van der Waals surface area contributed by atoms with Crippen molar-refractivity contribution < 1.29 is 14.0 Å². The molecule has 6 heteroatoms. The molecule has 0 aliphatic carbocycles. The molecule has 0 unspecified atom stereocenters. The van der Waals surface area contributed by atoms with E-state index >= 15 is 0 Å². The molecule has 2 rings (SSSR count). The molecule has 6 nitrogen and oxygen atoms in total. The number of rotatable bonds is 6. The second kappa shape index (κ2) is 7.83. The number of piperazine rings is 1. The lowest BCUT2D eigenvalue weighted by Gasteiger charge is -2.34. The van der Waals surface area contributed by atoms with Crippen LogP contribution < -0.4 is 5.32 Å². The molecule has 0 saturated carbocycles. The first-order valence-corrected chi connectivity index (χ1v) is 7.52. The number of nitrogens with one attached hydrogen (secondary N) is 1. The van der Waals surface area contributed by atoms with E-state index in [-0.39, 0.29) is 11.8 Å². The Morgan fingerprint density at radius 1 is 1.29 bits per heavy atom. The summed E-state index contributed by atoms with van der Waals surface area (Å²) in [7, 11) is 0. The highest BCUT2D eigenvalue weighted by Gasteiger charge is 2.23. The van der Waals surface area contributed by atoms with Crippen LogP contribution in [0.2, 0.25) is 0 Å². The van der Waals surface area contributed by atoms with Gasteiger partial charge in [0.15, 0.2) is 5.76 Å². The first-order chi connectivity index (χ1) is 10.2. The summed E-state index contributed by atoms with van der Waals surface area (Å²) < 4.78 is 5.13.